The SMILES string of the molecule is CCOc1cc(Br)c(Br)c(C(=N)c2ccc3ccccc3c2)c1O. The average Bonchev–Trinajstić information content (AvgIpc) is 2.59. The zero-order valence-corrected chi connectivity index (χ0v) is 16.1. The first kappa shape index (κ1) is 17.0. The summed E-state index contributed by atoms with van der Waals surface area (Å²) in [6, 6.07) is 15.5. The van der Waals surface area contributed by atoms with Gasteiger partial charge in [0.05, 0.1) is 17.9 Å². The second kappa shape index (κ2) is 6.95. The van der Waals surface area contributed by atoms with Crippen molar-refractivity contribution in [1.29, 1.82) is 5.41 Å². The fraction of sp³-hybridized carbons (Fsp3) is 0.105. The van der Waals surface area contributed by atoms with Gasteiger partial charge in [0.25, 0.3) is 0 Å². The number of rotatable bonds is 4. The fourth-order valence-corrected chi connectivity index (χ4v) is 3.48. The van der Waals surface area contributed by atoms with E-state index in [1.54, 1.807) is 6.07 Å². The van der Waals surface area contributed by atoms with E-state index in [0.29, 0.717) is 22.4 Å². The maximum absolute atomic E-state index is 10.6. The lowest BCUT2D eigenvalue weighted by molar-refractivity contribution is 0.317. The van der Waals surface area contributed by atoms with Crippen molar-refractivity contribution >= 4 is 48.3 Å². The molecule has 0 saturated carbocycles. The zero-order chi connectivity index (χ0) is 17.3. The van der Waals surface area contributed by atoms with Gasteiger partial charge in [-0.3, -0.25) is 5.41 Å². The van der Waals surface area contributed by atoms with Gasteiger partial charge in [-0.2, -0.15) is 0 Å². The lowest BCUT2D eigenvalue weighted by Crippen LogP contribution is -2.05. The van der Waals surface area contributed by atoms with Crippen LogP contribution in [0.3, 0.4) is 0 Å². The van der Waals surface area contributed by atoms with Crippen molar-refractivity contribution in [2.24, 2.45) is 0 Å². The van der Waals surface area contributed by atoms with Crippen molar-refractivity contribution < 1.29 is 9.84 Å². The van der Waals surface area contributed by atoms with Gasteiger partial charge >= 0.3 is 0 Å². The monoisotopic (exact) mass is 447 g/mol. The molecular weight excluding hydrogens is 434 g/mol. The van der Waals surface area contributed by atoms with Crippen molar-refractivity contribution in [3.05, 3.63) is 68.6 Å². The molecule has 122 valence electrons. The number of aromatic hydroxyl groups is 1. The molecule has 0 heterocycles. The van der Waals surface area contributed by atoms with Gasteiger partial charge in [0.15, 0.2) is 11.5 Å². The number of benzene rings is 3. The number of hydrogen-bond donors (Lipinski definition) is 2. The molecular formula is C19H15Br2NO2. The molecule has 3 aromatic carbocycles. The molecule has 0 aliphatic heterocycles. The second-order valence-electron chi connectivity index (χ2n) is 5.26. The normalized spacial score (nSPS) is 10.8. The zero-order valence-electron chi connectivity index (χ0n) is 12.9. The molecule has 0 bridgehead atoms. The van der Waals surface area contributed by atoms with E-state index in [4.69, 9.17) is 10.1 Å². The van der Waals surface area contributed by atoms with Crippen LogP contribution in [0.2, 0.25) is 0 Å². The first-order valence-electron chi connectivity index (χ1n) is 7.44. The molecule has 24 heavy (non-hydrogen) atoms. The molecule has 0 saturated heterocycles. The summed E-state index contributed by atoms with van der Waals surface area (Å²) in [7, 11) is 0. The summed E-state index contributed by atoms with van der Waals surface area (Å²) >= 11 is 6.91. The molecule has 0 radical (unpaired) electrons. The van der Waals surface area contributed by atoms with Gasteiger partial charge in [0.1, 0.15) is 0 Å². The summed E-state index contributed by atoms with van der Waals surface area (Å²) < 4.78 is 6.82. The Bertz CT molecular complexity index is 938. The Kier molecular flexibility index (Phi) is 4.92. The van der Waals surface area contributed by atoms with Crippen molar-refractivity contribution in [3.8, 4) is 11.5 Å². The lowest BCUT2D eigenvalue weighted by atomic mass is 9.98. The molecule has 3 nitrogen and oxygen atoms in total. The van der Waals surface area contributed by atoms with Gasteiger partial charge in [0, 0.05) is 14.5 Å². The Hall–Kier alpha value is -1.85. The molecule has 3 aromatic rings. The van der Waals surface area contributed by atoms with E-state index >= 15 is 0 Å². The summed E-state index contributed by atoms with van der Waals surface area (Å²) in [6.07, 6.45) is 0. The quantitative estimate of drug-likeness (QED) is 0.489. The number of fused-ring (bicyclic) bond motifs is 1. The maximum atomic E-state index is 10.6. The van der Waals surface area contributed by atoms with Gasteiger partial charge in [-0.15, -0.1) is 0 Å². The number of halogens is 2. The van der Waals surface area contributed by atoms with Crippen LogP contribution in [0.1, 0.15) is 18.1 Å². The molecule has 0 atom stereocenters. The summed E-state index contributed by atoms with van der Waals surface area (Å²) in [5.74, 6) is 0.318. The number of hydrogen-bond acceptors (Lipinski definition) is 3. The van der Waals surface area contributed by atoms with Gasteiger partial charge in [-0.05, 0) is 61.7 Å². The summed E-state index contributed by atoms with van der Waals surface area (Å²) in [5.41, 5.74) is 1.36. The third-order valence-electron chi connectivity index (χ3n) is 3.75. The van der Waals surface area contributed by atoms with E-state index in [9.17, 15) is 5.11 Å². The third kappa shape index (κ3) is 3.06. The highest BCUT2D eigenvalue weighted by atomic mass is 79.9. The molecule has 0 fully saturated rings. The summed E-state index contributed by atoms with van der Waals surface area (Å²) in [4.78, 5) is 0. The Balaban J connectivity index is 2.14. The van der Waals surface area contributed by atoms with E-state index in [2.05, 4.69) is 31.9 Å². The molecule has 0 aliphatic carbocycles. The topological polar surface area (TPSA) is 53.3 Å². The third-order valence-corrected chi connectivity index (χ3v) is 5.73. The minimum absolute atomic E-state index is 0.0370. The number of ether oxygens (including phenoxy) is 1. The maximum Gasteiger partial charge on any atom is 0.168 e. The van der Waals surface area contributed by atoms with Crippen LogP contribution >= 0.6 is 31.9 Å². The van der Waals surface area contributed by atoms with Crippen LogP contribution in [0, 0.1) is 5.41 Å². The van der Waals surface area contributed by atoms with E-state index in [1.807, 2.05) is 49.4 Å². The highest BCUT2D eigenvalue weighted by Crippen LogP contribution is 2.41. The molecule has 3 rings (SSSR count). The predicted octanol–water partition coefficient (Wildman–Crippen LogP) is 5.89. The van der Waals surface area contributed by atoms with Gasteiger partial charge in [-0.25, -0.2) is 0 Å². The number of phenolic OH excluding ortho intramolecular Hbond substituents is 1. The van der Waals surface area contributed by atoms with E-state index < -0.39 is 0 Å². The van der Waals surface area contributed by atoms with E-state index in [-0.39, 0.29) is 11.5 Å². The molecule has 0 amide bonds. The Morgan fingerprint density at radius 1 is 1.08 bits per heavy atom. The van der Waals surface area contributed by atoms with Crippen LogP contribution in [0.5, 0.6) is 11.5 Å². The van der Waals surface area contributed by atoms with Crippen molar-refractivity contribution in [2.45, 2.75) is 6.92 Å². The largest absolute Gasteiger partial charge is 0.504 e. The highest BCUT2D eigenvalue weighted by molar-refractivity contribution is 9.13. The Labute approximate surface area is 157 Å². The Morgan fingerprint density at radius 2 is 1.79 bits per heavy atom. The molecule has 0 spiro atoms. The first-order chi connectivity index (χ1) is 11.5. The van der Waals surface area contributed by atoms with Crippen LogP contribution in [0.25, 0.3) is 10.8 Å². The fourth-order valence-electron chi connectivity index (χ4n) is 2.58. The molecule has 0 aliphatic rings. The minimum Gasteiger partial charge on any atom is -0.504 e. The molecule has 0 unspecified atom stereocenters. The summed E-state index contributed by atoms with van der Waals surface area (Å²) in [5, 5.41) is 21.3. The van der Waals surface area contributed by atoms with E-state index in [0.717, 1.165) is 20.8 Å². The van der Waals surface area contributed by atoms with Crippen molar-refractivity contribution in [2.75, 3.05) is 6.61 Å². The van der Waals surface area contributed by atoms with Crippen molar-refractivity contribution in [1.82, 2.24) is 0 Å². The van der Waals surface area contributed by atoms with Gasteiger partial charge in [0.2, 0.25) is 0 Å². The van der Waals surface area contributed by atoms with Crippen LogP contribution < -0.4 is 4.74 Å². The van der Waals surface area contributed by atoms with Crippen LogP contribution in [0.15, 0.2) is 57.5 Å². The van der Waals surface area contributed by atoms with Crippen LogP contribution in [-0.4, -0.2) is 17.4 Å². The van der Waals surface area contributed by atoms with Gasteiger partial charge < -0.3 is 9.84 Å². The highest BCUT2D eigenvalue weighted by Gasteiger charge is 2.20. The number of phenols is 1. The van der Waals surface area contributed by atoms with Gasteiger partial charge in [-0.1, -0.05) is 36.4 Å². The standard InChI is InChI=1S/C19H15Br2NO2/c1-2-24-15-10-14(20)17(21)16(19(15)23)18(22)13-8-7-11-5-3-4-6-12(11)9-13/h3-10,22-23H,2H2,1H3. The average molecular weight is 449 g/mol. The predicted molar refractivity (Wildman–Crippen MR) is 105 cm³/mol. The minimum atomic E-state index is -0.0370. The molecule has 2 N–H and O–H groups in total. The Morgan fingerprint density at radius 3 is 2.50 bits per heavy atom. The second-order valence-corrected chi connectivity index (χ2v) is 6.91. The van der Waals surface area contributed by atoms with E-state index in [1.165, 1.54) is 0 Å². The summed E-state index contributed by atoms with van der Waals surface area (Å²) in [6.45, 7) is 2.29. The lowest BCUT2D eigenvalue weighted by Gasteiger charge is -2.15. The van der Waals surface area contributed by atoms with Crippen molar-refractivity contribution in [3.63, 3.8) is 0 Å². The molecule has 0 aromatic heterocycles. The van der Waals surface area contributed by atoms with Crippen LogP contribution in [0.4, 0.5) is 0 Å². The first-order valence-corrected chi connectivity index (χ1v) is 9.03. The molecule has 5 heteroatoms. The smallest absolute Gasteiger partial charge is 0.168 e. The number of nitrogens with one attached hydrogen (secondary N) is 1. The van der Waals surface area contributed by atoms with Crippen LogP contribution in [-0.2, 0) is 0 Å².